The first kappa shape index (κ1) is 22.3. The fourth-order valence-corrected chi connectivity index (χ4v) is 5.89. The summed E-state index contributed by atoms with van der Waals surface area (Å²) in [6.07, 6.45) is 7.13. The topological polar surface area (TPSA) is 80.2 Å². The average Bonchev–Trinajstić information content (AvgIpc) is 3.26. The van der Waals surface area contributed by atoms with E-state index >= 15 is 4.39 Å². The van der Waals surface area contributed by atoms with Crippen molar-refractivity contribution in [3.63, 3.8) is 0 Å². The Bertz CT molecular complexity index is 1270. The lowest BCUT2D eigenvalue weighted by molar-refractivity contribution is -0.117. The van der Waals surface area contributed by atoms with Crippen molar-refractivity contribution in [1.29, 1.82) is 0 Å². The van der Waals surface area contributed by atoms with Crippen molar-refractivity contribution in [2.24, 2.45) is 5.92 Å². The monoisotopic (exact) mass is 479 g/mol. The number of hydrogen-bond donors (Lipinski definition) is 1. The van der Waals surface area contributed by atoms with Gasteiger partial charge in [-0.2, -0.15) is 0 Å². The zero-order valence-electron chi connectivity index (χ0n) is 19.6. The normalized spacial score (nSPS) is 24.1. The van der Waals surface area contributed by atoms with Gasteiger partial charge < -0.3 is 10.1 Å². The van der Waals surface area contributed by atoms with Gasteiger partial charge in [-0.15, -0.1) is 0 Å². The number of rotatable bonds is 4. The van der Waals surface area contributed by atoms with Gasteiger partial charge >= 0.3 is 0 Å². The van der Waals surface area contributed by atoms with E-state index in [0.717, 1.165) is 28.7 Å². The Hall–Kier alpha value is -3.20. The fourth-order valence-electron chi connectivity index (χ4n) is 5.89. The quantitative estimate of drug-likeness (QED) is 0.717. The van der Waals surface area contributed by atoms with Gasteiger partial charge in [0, 0.05) is 55.3 Å². The lowest BCUT2D eigenvalue weighted by Crippen LogP contribution is -2.36. The van der Waals surface area contributed by atoms with Crippen molar-refractivity contribution in [1.82, 2.24) is 25.2 Å². The molecular weight excluding hydrogens is 452 g/mol. The molecule has 2 atom stereocenters. The molecule has 7 nitrogen and oxygen atoms in total. The minimum Gasteiger partial charge on any atom is -0.417 e. The summed E-state index contributed by atoms with van der Waals surface area (Å²) in [5, 5.41) is 2.95. The van der Waals surface area contributed by atoms with Crippen molar-refractivity contribution < 1.29 is 18.3 Å². The van der Waals surface area contributed by atoms with E-state index in [-0.39, 0.29) is 23.6 Å². The Balaban J connectivity index is 1.36. The third-order valence-corrected chi connectivity index (χ3v) is 7.56. The Kier molecular flexibility index (Phi) is 5.59. The SMILES string of the molecule is CC1CC2=C(CCc3cnc(Oc4ncncc4CN4CC[C@@H](F)C4)c(F)c32)C2=C1CCNC2=O. The van der Waals surface area contributed by atoms with Gasteiger partial charge in [0.1, 0.15) is 12.5 Å². The number of ether oxygens (including phenoxy) is 1. The first-order valence-electron chi connectivity index (χ1n) is 12.2. The second kappa shape index (κ2) is 8.78. The number of fused-ring (bicyclic) bond motifs is 3. The summed E-state index contributed by atoms with van der Waals surface area (Å²) in [6, 6.07) is 0. The number of aromatic nitrogens is 3. The van der Waals surface area contributed by atoms with Gasteiger partial charge in [-0.3, -0.25) is 9.69 Å². The second-order valence-electron chi connectivity index (χ2n) is 9.82. The Morgan fingerprint density at radius 2 is 2.06 bits per heavy atom. The maximum atomic E-state index is 16.0. The average molecular weight is 480 g/mol. The minimum atomic E-state index is -0.842. The maximum Gasteiger partial charge on any atom is 0.258 e. The molecule has 1 saturated heterocycles. The molecule has 2 aliphatic heterocycles. The molecule has 1 unspecified atom stereocenters. The smallest absolute Gasteiger partial charge is 0.258 e. The van der Waals surface area contributed by atoms with Crippen LogP contribution in [0.2, 0.25) is 0 Å². The van der Waals surface area contributed by atoms with E-state index < -0.39 is 12.0 Å². The number of aryl methyl sites for hydroxylation is 1. The van der Waals surface area contributed by atoms with Crippen LogP contribution in [0, 0.1) is 11.7 Å². The van der Waals surface area contributed by atoms with E-state index in [2.05, 4.69) is 27.2 Å². The summed E-state index contributed by atoms with van der Waals surface area (Å²) in [5.41, 5.74) is 5.76. The van der Waals surface area contributed by atoms with Gasteiger partial charge in [0.05, 0.1) is 0 Å². The highest BCUT2D eigenvalue weighted by molar-refractivity contribution is 6.03. The van der Waals surface area contributed by atoms with Gasteiger partial charge in [-0.25, -0.2) is 23.7 Å². The van der Waals surface area contributed by atoms with Crippen molar-refractivity contribution in [2.75, 3.05) is 19.6 Å². The summed E-state index contributed by atoms with van der Waals surface area (Å²) >= 11 is 0. The van der Waals surface area contributed by atoms with Crippen LogP contribution in [0.4, 0.5) is 8.78 Å². The number of nitrogens with zero attached hydrogens (tertiary/aromatic N) is 4. The highest BCUT2D eigenvalue weighted by atomic mass is 19.1. The Labute approximate surface area is 202 Å². The Morgan fingerprint density at radius 3 is 2.89 bits per heavy atom. The van der Waals surface area contributed by atoms with Gasteiger partial charge in [0.25, 0.3) is 11.8 Å². The molecule has 4 aliphatic rings. The van der Waals surface area contributed by atoms with Crippen molar-refractivity contribution in [2.45, 2.75) is 51.7 Å². The number of alkyl halides is 1. The molecule has 4 heterocycles. The first-order chi connectivity index (χ1) is 17.0. The van der Waals surface area contributed by atoms with Crippen LogP contribution in [0.3, 0.4) is 0 Å². The molecule has 0 spiro atoms. The number of allylic oxidation sites excluding steroid dienone is 1. The van der Waals surface area contributed by atoms with E-state index in [1.54, 1.807) is 12.4 Å². The fraction of sp³-hybridized carbons (Fsp3) is 0.462. The largest absolute Gasteiger partial charge is 0.417 e. The summed E-state index contributed by atoms with van der Waals surface area (Å²) in [4.78, 5) is 27.3. The lowest BCUT2D eigenvalue weighted by Gasteiger charge is -2.36. The van der Waals surface area contributed by atoms with Crippen LogP contribution < -0.4 is 10.1 Å². The number of nitrogens with one attached hydrogen (secondary N) is 1. The molecule has 2 aliphatic carbocycles. The molecule has 35 heavy (non-hydrogen) atoms. The van der Waals surface area contributed by atoms with Gasteiger partial charge in [0.15, 0.2) is 5.82 Å². The van der Waals surface area contributed by atoms with Crippen LogP contribution in [0.1, 0.15) is 49.3 Å². The van der Waals surface area contributed by atoms with Crippen LogP contribution in [0.25, 0.3) is 5.57 Å². The summed E-state index contributed by atoms with van der Waals surface area (Å²) in [6.45, 7) is 4.17. The second-order valence-corrected chi connectivity index (χ2v) is 9.82. The van der Waals surface area contributed by atoms with Gasteiger partial charge in [-0.1, -0.05) is 12.5 Å². The molecule has 0 aromatic carbocycles. The number of pyridine rings is 1. The first-order valence-corrected chi connectivity index (χ1v) is 12.2. The van der Waals surface area contributed by atoms with Crippen LogP contribution in [-0.2, 0) is 17.8 Å². The standard InChI is InChI=1S/C26H27F2N5O2/c1-14-8-20-19(22-18(14)4-6-30-24(22)34)3-2-15-10-31-26(23(28)21(15)20)35-25-16(9-29-13-32-25)11-33-7-5-17(27)12-33/h9-10,13-14,17H,2-8,11-12H2,1H3,(H,30,34)/t14?,17-/m1/s1. The van der Waals surface area contributed by atoms with Gasteiger partial charge in [-0.05, 0) is 54.7 Å². The van der Waals surface area contributed by atoms with E-state index in [9.17, 15) is 9.18 Å². The molecule has 1 fully saturated rings. The minimum absolute atomic E-state index is 0.0530. The predicted octanol–water partition coefficient (Wildman–Crippen LogP) is 3.90. The van der Waals surface area contributed by atoms with E-state index in [4.69, 9.17) is 4.74 Å². The number of carbonyl (C=O) groups is 1. The molecule has 0 radical (unpaired) electrons. The highest BCUT2D eigenvalue weighted by Crippen LogP contribution is 2.48. The highest BCUT2D eigenvalue weighted by Gasteiger charge is 2.37. The third-order valence-electron chi connectivity index (χ3n) is 7.56. The van der Waals surface area contributed by atoms with Crippen LogP contribution >= 0.6 is 0 Å². The molecule has 0 saturated carbocycles. The number of amides is 1. The molecule has 2 aromatic rings. The lowest BCUT2D eigenvalue weighted by atomic mass is 9.70. The summed E-state index contributed by atoms with van der Waals surface area (Å²) < 4.78 is 35.5. The molecule has 9 heteroatoms. The van der Waals surface area contributed by atoms with Crippen LogP contribution in [0.15, 0.2) is 35.4 Å². The molecular formula is C26H27F2N5O2. The summed E-state index contributed by atoms with van der Waals surface area (Å²) in [7, 11) is 0. The predicted molar refractivity (Wildman–Crippen MR) is 125 cm³/mol. The zero-order valence-corrected chi connectivity index (χ0v) is 19.6. The number of likely N-dealkylation sites (tertiary alicyclic amines) is 1. The van der Waals surface area contributed by atoms with Crippen molar-refractivity contribution in [3.8, 4) is 11.8 Å². The van der Waals surface area contributed by atoms with Crippen LogP contribution in [-0.4, -0.2) is 51.6 Å². The molecule has 1 N–H and O–H groups in total. The molecule has 1 amide bonds. The van der Waals surface area contributed by atoms with Crippen molar-refractivity contribution >= 4 is 11.5 Å². The zero-order chi connectivity index (χ0) is 24.1. The third kappa shape index (κ3) is 3.91. The Morgan fingerprint density at radius 1 is 1.17 bits per heavy atom. The summed E-state index contributed by atoms with van der Waals surface area (Å²) in [5.74, 6) is -0.347. The van der Waals surface area contributed by atoms with Gasteiger partial charge in [0.2, 0.25) is 5.88 Å². The molecule has 182 valence electrons. The molecule has 6 rings (SSSR count). The molecule has 0 bridgehead atoms. The maximum absolute atomic E-state index is 16.0. The van der Waals surface area contributed by atoms with Crippen LogP contribution in [0.5, 0.6) is 11.8 Å². The number of hydrogen-bond acceptors (Lipinski definition) is 6. The number of carbonyl (C=O) groups excluding carboxylic acids is 1. The number of halogens is 2. The molecule has 2 aromatic heterocycles. The van der Waals surface area contributed by atoms with E-state index in [1.807, 2.05) is 4.90 Å². The van der Waals surface area contributed by atoms with E-state index in [1.165, 1.54) is 11.9 Å². The van der Waals surface area contributed by atoms with Crippen molar-refractivity contribution in [3.05, 3.63) is 57.9 Å². The van der Waals surface area contributed by atoms with E-state index in [0.29, 0.717) is 63.0 Å².